The predicted molar refractivity (Wildman–Crippen MR) is 49.6 cm³/mol. The second-order valence-electron chi connectivity index (χ2n) is 3.03. The molecule has 0 atom stereocenters. The highest BCUT2D eigenvalue weighted by atomic mass is 19.3. The molecule has 1 heterocycles. The zero-order chi connectivity index (χ0) is 13.0. The highest BCUT2D eigenvalue weighted by molar-refractivity contribution is 5.73. The van der Waals surface area contributed by atoms with Crippen LogP contribution in [0.4, 0.5) is 13.2 Å². The fourth-order valence-electron chi connectivity index (χ4n) is 1.16. The number of hydrogen-bond donors (Lipinski definition) is 0. The second kappa shape index (κ2) is 5.30. The van der Waals surface area contributed by atoms with Gasteiger partial charge >= 0.3 is 5.97 Å². The van der Waals surface area contributed by atoms with Gasteiger partial charge in [0.1, 0.15) is 5.69 Å². The van der Waals surface area contributed by atoms with Crippen LogP contribution in [-0.2, 0) is 16.0 Å². The molecule has 0 N–H and O–H groups in total. The number of esters is 1. The van der Waals surface area contributed by atoms with Crippen molar-refractivity contribution in [1.29, 1.82) is 5.26 Å². The van der Waals surface area contributed by atoms with E-state index in [1.165, 1.54) is 0 Å². The first kappa shape index (κ1) is 13.0. The predicted octanol–water partition coefficient (Wildman–Crippen LogP) is 1.75. The topological polar surface area (TPSA) is 63.0 Å². The van der Waals surface area contributed by atoms with Gasteiger partial charge in [-0.1, -0.05) is 0 Å². The van der Waals surface area contributed by atoms with Crippen molar-refractivity contribution in [2.75, 3.05) is 7.11 Å². The first-order valence-electron chi connectivity index (χ1n) is 4.44. The molecule has 0 aromatic carbocycles. The molecule has 90 valence electrons. The molecule has 7 heteroatoms. The Morgan fingerprint density at radius 1 is 1.65 bits per heavy atom. The van der Waals surface area contributed by atoms with Crippen LogP contribution in [0.25, 0.3) is 0 Å². The lowest BCUT2D eigenvalue weighted by atomic mass is 10.1. The molecule has 0 amide bonds. The lowest BCUT2D eigenvalue weighted by Crippen LogP contribution is -2.10. The molecule has 0 unspecified atom stereocenters. The van der Waals surface area contributed by atoms with Crippen LogP contribution < -0.4 is 0 Å². The van der Waals surface area contributed by atoms with Gasteiger partial charge in [0.15, 0.2) is 0 Å². The molecule has 0 aliphatic rings. The van der Waals surface area contributed by atoms with Crippen molar-refractivity contribution >= 4 is 5.97 Å². The first-order valence-corrected chi connectivity index (χ1v) is 4.44. The highest BCUT2D eigenvalue weighted by Crippen LogP contribution is 2.21. The molecule has 0 saturated carbocycles. The number of aromatic nitrogens is 1. The van der Waals surface area contributed by atoms with Gasteiger partial charge in [-0.2, -0.15) is 9.65 Å². The van der Waals surface area contributed by atoms with E-state index in [9.17, 15) is 18.0 Å². The van der Waals surface area contributed by atoms with Crippen LogP contribution in [-0.4, -0.2) is 18.1 Å². The minimum absolute atomic E-state index is 0.344. The Morgan fingerprint density at radius 3 is 2.76 bits per heavy atom. The van der Waals surface area contributed by atoms with E-state index in [1.807, 2.05) is 0 Å². The third kappa shape index (κ3) is 2.93. The highest BCUT2D eigenvalue weighted by Gasteiger charge is 2.19. The molecule has 4 nitrogen and oxygen atoms in total. The van der Waals surface area contributed by atoms with Crippen LogP contribution in [0.2, 0.25) is 0 Å². The summed E-state index contributed by atoms with van der Waals surface area (Å²) in [7, 11) is 1.09. The minimum Gasteiger partial charge on any atom is -0.469 e. The fraction of sp³-hybridized carbons (Fsp3) is 0.300. The van der Waals surface area contributed by atoms with E-state index in [0.29, 0.717) is 0 Å². The van der Waals surface area contributed by atoms with Crippen LogP contribution in [0.15, 0.2) is 6.07 Å². The molecule has 1 rings (SSSR count). The van der Waals surface area contributed by atoms with Gasteiger partial charge in [-0.25, -0.2) is 13.8 Å². The molecule has 0 saturated heterocycles. The Hall–Kier alpha value is -2.10. The van der Waals surface area contributed by atoms with Crippen molar-refractivity contribution < 1.29 is 22.7 Å². The summed E-state index contributed by atoms with van der Waals surface area (Å²) >= 11 is 0. The number of alkyl halides is 2. The average molecular weight is 244 g/mol. The number of halogens is 3. The summed E-state index contributed by atoms with van der Waals surface area (Å²) in [5, 5.41) is 8.69. The van der Waals surface area contributed by atoms with Crippen LogP contribution in [0, 0.1) is 17.3 Å². The Bertz CT molecular complexity index is 483. The molecular weight excluding hydrogens is 237 g/mol. The van der Waals surface area contributed by atoms with Gasteiger partial charge in [-0.15, -0.1) is 0 Å². The molecular formula is C10H7F3N2O2. The summed E-state index contributed by atoms with van der Waals surface area (Å²) in [6.45, 7) is 0. The number of nitriles is 1. The third-order valence-corrected chi connectivity index (χ3v) is 1.99. The van der Waals surface area contributed by atoms with Gasteiger partial charge in [0.05, 0.1) is 25.2 Å². The van der Waals surface area contributed by atoms with Gasteiger partial charge in [0.25, 0.3) is 6.43 Å². The zero-order valence-electron chi connectivity index (χ0n) is 8.71. The second-order valence-corrected chi connectivity index (χ2v) is 3.03. The van der Waals surface area contributed by atoms with E-state index in [0.717, 1.165) is 13.2 Å². The van der Waals surface area contributed by atoms with E-state index in [-0.39, 0.29) is 11.1 Å². The van der Waals surface area contributed by atoms with Crippen LogP contribution in [0.5, 0.6) is 0 Å². The van der Waals surface area contributed by atoms with Crippen molar-refractivity contribution in [2.45, 2.75) is 12.8 Å². The van der Waals surface area contributed by atoms with E-state index >= 15 is 0 Å². The maximum atomic E-state index is 13.4. The van der Waals surface area contributed by atoms with E-state index in [1.54, 1.807) is 6.07 Å². The SMILES string of the molecule is COC(=O)Cc1c(C#N)cc(C(F)F)nc1F. The van der Waals surface area contributed by atoms with Crippen molar-refractivity contribution in [3.8, 4) is 6.07 Å². The van der Waals surface area contributed by atoms with Gasteiger partial charge in [-0.3, -0.25) is 4.79 Å². The molecule has 0 aliphatic carbocycles. The van der Waals surface area contributed by atoms with Crippen molar-refractivity contribution in [2.24, 2.45) is 0 Å². The lowest BCUT2D eigenvalue weighted by molar-refractivity contribution is -0.139. The molecule has 0 spiro atoms. The largest absolute Gasteiger partial charge is 0.469 e. The summed E-state index contributed by atoms with van der Waals surface area (Å²) in [6.07, 6.45) is -3.51. The van der Waals surface area contributed by atoms with E-state index in [4.69, 9.17) is 5.26 Å². The van der Waals surface area contributed by atoms with E-state index < -0.39 is 30.5 Å². The molecule has 1 aromatic heterocycles. The monoisotopic (exact) mass is 244 g/mol. The molecule has 0 radical (unpaired) electrons. The van der Waals surface area contributed by atoms with Gasteiger partial charge in [0, 0.05) is 5.56 Å². The maximum Gasteiger partial charge on any atom is 0.310 e. The van der Waals surface area contributed by atoms with Gasteiger partial charge in [-0.05, 0) is 6.07 Å². The average Bonchev–Trinajstić information content (AvgIpc) is 2.30. The normalized spacial score (nSPS) is 10.1. The number of carbonyl (C=O) groups excluding carboxylic acids is 1. The molecule has 17 heavy (non-hydrogen) atoms. The Morgan fingerprint density at radius 2 is 2.29 bits per heavy atom. The number of hydrogen-bond acceptors (Lipinski definition) is 4. The van der Waals surface area contributed by atoms with E-state index in [2.05, 4.69) is 9.72 Å². The number of rotatable bonds is 3. The molecule has 1 aromatic rings. The van der Waals surface area contributed by atoms with Crippen molar-refractivity contribution in [1.82, 2.24) is 4.98 Å². The minimum atomic E-state index is -2.98. The number of methoxy groups -OCH3 is 1. The first-order chi connectivity index (χ1) is 7.99. The fourth-order valence-corrected chi connectivity index (χ4v) is 1.16. The quantitative estimate of drug-likeness (QED) is 0.600. The summed E-state index contributed by atoms with van der Waals surface area (Å²) < 4.78 is 42.2. The standard InChI is InChI=1S/C10H7F3N2O2/c1-17-8(16)3-6-5(4-14)2-7(9(11)12)15-10(6)13/h2,9H,3H2,1H3. The summed E-state index contributed by atoms with van der Waals surface area (Å²) in [4.78, 5) is 13.9. The molecule has 0 fully saturated rings. The van der Waals surface area contributed by atoms with Crippen LogP contribution >= 0.6 is 0 Å². The molecule has 0 aliphatic heterocycles. The maximum absolute atomic E-state index is 13.4. The van der Waals surface area contributed by atoms with Crippen molar-refractivity contribution in [3.05, 3.63) is 28.8 Å². The molecule has 0 bridgehead atoms. The Balaban J connectivity index is 3.22. The summed E-state index contributed by atoms with van der Waals surface area (Å²) in [6, 6.07) is 2.30. The van der Waals surface area contributed by atoms with Crippen LogP contribution in [0.3, 0.4) is 0 Å². The third-order valence-electron chi connectivity index (χ3n) is 1.99. The summed E-state index contributed by atoms with van der Waals surface area (Å²) in [5.41, 5.74) is -1.53. The number of carbonyl (C=O) groups is 1. The Kier molecular flexibility index (Phi) is 4.04. The van der Waals surface area contributed by atoms with Gasteiger partial charge in [0.2, 0.25) is 5.95 Å². The smallest absolute Gasteiger partial charge is 0.310 e. The number of pyridine rings is 1. The summed E-state index contributed by atoms with van der Waals surface area (Å²) in [5.74, 6) is -2.04. The lowest BCUT2D eigenvalue weighted by Gasteiger charge is -2.06. The van der Waals surface area contributed by atoms with Gasteiger partial charge < -0.3 is 4.74 Å². The number of ether oxygens (including phenoxy) is 1. The number of nitrogens with zero attached hydrogens (tertiary/aromatic N) is 2. The Labute approximate surface area is 94.6 Å². The van der Waals surface area contributed by atoms with Crippen LogP contribution in [0.1, 0.15) is 23.2 Å². The zero-order valence-corrected chi connectivity index (χ0v) is 8.71. The van der Waals surface area contributed by atoms with Crippen molar-refractivity contribution in [3.63, 3.8) is 0 Å².